The molecule has 0 heterocycles. The Hall–Kier alpha value is -1.11. The van der Waals surface area contributed by atoms with Crippen molar-refractivity contribution in [2.24, 2.45) is 0 Å². The fourth-order valence-corrected chi connectivity index (χ4v) is 18.5. The van der Waals surface area contributed by atoms with Crippen LogP contribution in [0.25, 0.3) is 0 Å². The molecule has 0 N–H and O–H groups in total. The first-order valence-electron chi connectivity index (χ1n) is 9.91. The average Bonchev–Trinajstić information content (AvgIpc) is 2.63. The quantitative estimate of drug-likeness (QED) is 0.111. The van der Waals surface area contributed by atoms with Crippen LogP contribution < -0.4 is 4.74 Å². The van der Waals surface area contributed by atoms with E-state index in [1.807, 2.05) is 0 Å². The number of non-ortho nitro benzene ring substituents is 1. The molecule has 0 fully saturated rings. The number of ether oxygens (including phenoxy) is 1. The number of nitrogens with zero attached hydrogens (tertiary/aromatic N) is 1. The van der Waals surface area contributed by atoms with Crippen molar-refractivity contribution < 1.29 is 14.5 Å². The van der Waals surface area contributed by atoms with Gasteiger partial charge in [0.15, 0.2) is 0 Å². The van der Waals surface area contributed by atoms with Gasteiger partial charge in [0, 0.05) is 0 Å². The SMILES string of the molecule is CCC[CH2][Sn]([CH2]CCC)([CH2]CCC)[CH2]C(=O)Oc1ccc([N+](=O)[O-])cc1. The summed E-state index contributed by atoms with van der Waals surface area (Å²) in [5, 5.41) is 10.7. The van der Waals surface area contributed by atoms with Gasteiger partial charge in [0.2, 0.25) is 0 Å². The Labute approximate surface area is 161 Å². The Morgan fingerprint density at radius 3 is 1.81 bits per heavy atom. The second-order valence-corrected chi connectivity index (χ2v) is 21.1. The van der Waals surface area contributed by atoms with E-state index in [4.69, 9.17) is 4.74 Å². The second-order valence-electron chi connectivity index (χ2n) is 7.21. The van der Waals surface area contributed by atoms with Gasteiger partial charge in [0.1, 0.15) is 0 Å². The van der Waals surface area contributed by atoms with Gasteiger partial charge >= 0.3 is 162 Å². The van der Waals surface area contributed by atoms with Crippen LogP contribution in [0, 0.1) is 10.1 Å². The predicted octanol–water partition coefficient (Wildman–Crippen LogP) is 6.35. The number of nitro groups is 1. The van der Waals surface area contributed by atoms with Crippen molar-refractivity contribution in [1.29, 1.82) is 0 Å². The summed E-state index contributed by atoms with van der Waals surface area (Å²) < 4.78 is 9.96. The number of carbonyl (C=O) groups is 1. The molecule has 0 radical (unpaired) electrons. The average molecular weight is 470 g/mol. The minimum absolute atomic E-state index is 0.00663. The zero-order valence-electron chi connectivity index (χ0n) is 16.5. The summed E-state index contributed by atoms with van der Waals surface area (Å²) in [7, 11) is 0. The van der Waals surface area contributed by atoms with Crippen molar-refractivity contribution in [1.82, 2.24) is 0 Å². The van der Waals surface area contributed by atoms with E-state index in [1.165, 1.54) is 76.1 Å². The van der Waals surface area contributed by atoms with E-state index in [9.17, 15) is 14.9 Å². The van der Waals surface area contributed by atoms with E-state index < -0.39 is 23.3 Å². The molecule has 0 atom stereocenters. The molecule has 0 unspecified atom stereocenters. The predicted molar refractivity (Wildman–Crippen MR) is 108 cm³/mol. The molecule has 0 aliphatic heterocycles. The number of rotatable bonds is 13. The number of unbranched alkanes of at least 4 members (excludes halogenated alkanes) is 3. The van der Waals surface area contributed by atoms with Crippen molar-refractivity contribution in [3.8, 4) is 5.75 Å². The molecule has 0 bridgehead atoms. The summed E-state index contributed by atoms with van der Waals surface area (Å²) in [5.41, 5.74) is 0.00663. The van der Waals surface area contributed by atoms with Gasteiger partial charge < -0.3 is 0 Å². The monoisotopic (exact) mass is 471 g/mol. The third-order valence-electron chi connectivity index (χ3n) is 4.98. The molecule has 1 rings (SSSR count). The topological polar surface area (TPSA) is 69.4 Å². The summed E-state index contributed by atoms with van der Waals surface area (Å²) in [4.78, 5) is 22.9. The zero-order valence-corrected chi connectivity index (χ0v) is 19.3. The van der Waals surface area contributed by atoms with Crippen LogP contribution in [0.2, 0.25) is 17.7 Å². The molecule has 0 aliphatic rings. The van der Waals surface area contributed by atoms with Gasteiger partial charge in [-0.15, -0.1) is 0 Å². The summed E-state index contributed by atoms with van der Waals surface area (Å²) in [6.07, 6.45) is 7.17. The molecule has 0 saturated carbocycles. The third kappa shape index (κ3) is 8.06. The first kappa shape index (κ1) is 22.9. The first-order chi connectivity index (χ1) is 12.5. The minimum atomic E-state index is -2.56. The van der Waals surface area contributed by atoms with E-state index in [-0.39, 0.29) is 11.7 Å². The molecule has 0 aliphatic carbocycles. The van der Waals surface area contributed by atoms with Gasteiger partial charge in [-0.25, -0.2) is 0 Å². The Balaban J connectivity index is 2.81. The Bertz CT molecular complexity index is 538. The summed E-state index contributed by atoms with van der Waals surface area (Å²) in [6, 6.07) is 5.78. The Kier molecular flexibility index (Phi) is 10.9. The zero-order chi connectivity index (χ0) is 19.4. The molecular formula is C20H33NO4Sn. The van der Waals surface area contributed by atoms with Crippen LogP contribution in [0.5, 0.6) is 5.75 Å². The molecule has 0 amide bonds. The molecule has 0 aromatic heterocycles. The van der Waals surface area contributed by atoms with Gasteiger partial charge in [0.25, 0.3) is 0 Å². The standard InChI is InChI=1S/C8H6NO4.3C4H9.Sn/c1-6(10)13-8-4-2-7(3-5-8)9(11)12;3*1-3-4-2;/h2-5H,1H2;3*1,3-4H2,2H3;. The number of esters is 1. The van der Waals surface area contributed by atoms with Crippen LogP contribution in [0.15, 0.2) is 24.3 Å². The van der Waals surface area contributed by atoms with E-state index in [0.29, 0.717) is 10.2 Å². The van der Waals surface area contributed by atoms with E-state index >= 15 is 0 Å². The maximum atomic E-state index is 12.6. The van der Waals surface area contributed by atoms with Crippen molar-refractivity contribution in [2.75, 3.05) is 0 Å². The first-order valence-corrected chi connectivity index (χ1v) is 18.0. The van der Waals surface area contributed by atoms with Crippen molar-refractivity contribution in [3.05, 3.63) is 34.4 Å². The molecule has 6 heteroatoms. The molecule has 26 heavy (non-hydrogen) atoms. The van der Waals surface area contributed by atoms with Crippen molar-refractivity contribution in [2.45, 2.75) is 77.0 Å². The van der Waals surface area contributed by atoms with Crippen LogP contribution in [0.3, 0.4) is 0 Å². The molecule has 5 nitrogen and oxygen atoms in total. The maximum absolute atomic E-state index is 12.6. The second kappa shape index (κ2) is 12.3. The number of benzene rings is 1. The molecule has 1 aromatic rings. The fourth-order valence-electron chi connectivity index (χ4n) is 3.41. The number of carbonyl (C=O) groups excluding carboxylic acids is 1. The van der Waals surface area contributed by atoms with Gasteiger partial charge in [-0.3, -0.25) is 0 Å². The van der Waals surface area contributed by atoms with E-state index in [2.05, 4.69) is 20.8 Å². The third-order valence-corrected chi connectivity index (χ3v) is 20.1. The molecule has 0 saturated heterocycles. The normalized spacial score (nSPS) is 11.3. The van der Waals surface area contributed by atoms with Crippen molar-refractivity contribution >= 4 is 30.0 Å². The molecular weight excluding hydrogens is 437 g/mol. The summed E-state index contributed by atoms with van der Waals surface area (Å²) >= 11 is -2.56. The number of hydrogen-bond donors (Lipinski definition) is 0. The van der Waals surface area contributed by atoms with E-state index in [1.54, 1.807) is 0 Å². The fraction of sp³-hybridized carbons (Fsp3) is 0.650. The van der Waals surface area contributed by atoms with Gasteiger partial charge in [-0.05, 0) is 0 Å². The van der Waals surface area contributed by atoms with Crippen molar-refractivity contribution in [3.63, 3.8) is 0 Å². The van der Waals surface area contributed by atoms with Crippen LogP contribution >= 0.6 is 0 Å². The van der Waals surface area contributed by atoms with Gasteiger partial charge in [0.05, 0.1) is 0 Å². The summed E-state index contributed by atoms with van der Waals surface area (Å²) in [6.45, 7) is 6.64. The van der Waals surface area contributed by atoms with Crippen LogP contribution in [-0.2, 0) is 4.79 Å². The number of hydrogen-bond acceptors (Lipinski definition) is 4. The molecule has 1 aromatic carbocycles. The Morgan fingerprint density at radius 2 is 1.42 bits per heavy atom. The summed E-state index contributed by atoms with van der Waals surface area (Å²) in [5.74, 6) is 0.264. The van der Waals surface area contributed by atoms with Crippen LogP contribution in [-0.4, -0.2) is 29.3 Å². The Morgan fingerprint density at radius 1 is 0.962 bits per heavy atom. The molecule has 0 spiro atoms. The molecule has 146 valence electrons. The van der Waals surface area contributed by atoms with Gasteiger partial charge in [-0.1, -0.05) is 0 Å². The number of nitro benzene ring substituents is 1. The van der Waals surface area contributed by atoms with E-state index in [0.717, 1.165) is 0 Å². The van der Waals surface area contributed by atoms with Gasteiger partial charge in [-0.2, -0.15) is 0 Å². The van der Waals surface area contributed by atoms with Crippen LogP contribution in [0.1, 0.15) is 59.3 Å². The van der Waals surface area contributed by atoms with Crippen LogP contribution in [0.4, 0.5) is 5.69 Å².